The second-order valence-corrected chi connectivity index (χ2v) is 10.6. The summed E-state index contributed by atoms with van der Waals surface area (Å²) in [7, 11) is 0. The predicted molar refractivity (Wildman–Crippen MR) is 137 cm³/mol. The van der Waals surface area contributed by atoms with Crippen LogP contribution in [0.25, 0.3) is 0 Å². The molecule has 1 saturated carbocycles. The van der Waals surface area contributed by atoms with Gasteiger partial charge in [0.1, 0.15) is 11.9 Å². The molecule has 11 heteroatoms. The molecule has 1 aromatic heterocycles. The first-order chi connectivity index (χ1) is 18.1. The number of likely N-dealkylation sites (tertiary alicyclic amines) is 1. The Balaban J connectivity index is 1.33. The summed E-state index contributed by atoms with van der Waals surface area (Å²) in [5.74, 6) is -2.15. The smallest absolute Gasteiger partial charge is 0.389 e. The Morgan fingerprint density at radius 3 is 2.42 bits per heavy atom. The monoisotopic (exact) mass is 539 g/mol. The molecule has 2 aromatic rings. The summed E-state index contributed by atoms with van der Waals surface area (Å²) in [6.45, 7) is 3.32. The highest BCUT2D eigenvalue weighted by Gasteiger charge is 2.43. The Morgan fingerprint density at radius 1 is 1.11 bits per heavy atom. The molecule has 2 fully saturated rings. The van der Waals surface area contributed by atoms with Gasteiger partial charge in [-0.15, -0.1) is 0 Å². The third-order valence-electron chi connectivity index (χ3n) is 8.08. The van der Waals surface area contributed by atoms with Gasteiger partial charge in [-0.3, -0.25) is 4.90 Å². The van der Waals surface area contributed by atoms with Crippen LogP contribution in [-0.2, 0) is 6.54 Å². The van der Waals surface area contributed by atoms with Crippen molar-refractivity contribution in [2.75, 3.05) is 30.3 Å². The summed E-state index contributed by atoms with van der Waals surface area (Å²) in [5, 5.41) is 27.7. The Hall–Kier alpha value is -2.50. The topological polar surface area (TPSA) is 93.5 Å². The Labute approximate surface area is 220 Å². The molecule has 1 aliphatic heterocycles. The average molecular weight is 540 g/mol. The summed E-state index contributed by atoms with van der Waals surface area (Å²) >= 11 is 0. The molecule has 1 saturated heterocycles. The van der Waals surface area contributed by atoms with Crippen LogP contribution in [0.3, 0.4) is 0 Å². The second-order valence-electron chi connectivity index (χ2n) is 10.6. The molecule has 2 aliphatic rings. The Bertz CT molecular complexity index is 1040. The second kappa shape index (κ2) is 12.1. The fourth-order valence-corrected chi connectivity index (χ4v) is 5.62. The number of aliphatic hydroxyl groups excluding tert-OH is 1. The minimum absolute atomic E-state index is 0.0127. The van der Waals surface area contributed by atoms with Crippen molar-refractivity contribution < 1.29 is 27.8 Å². The summed E-state index contributed by atoms with van der Waals surface area (Å²) in [4.78, 5) is 10.0. The molecule has 0 unspecified atom stereocenters. The van der Waals surface area contributed by atoms with E-state index in [2.05, 4.69) is 25.5 Å². The molecule has 1 aliphatic carbocycles. The number of β-amino-alcohol motifs (C(OH)–C–C–N with tert-alkyl or cyclic N) is 1. The molecule has 38 heavy (non-hydrogen) atoms. The highest BCUT2D eigenvalue weighted by Crippen LogP contribution is 2.41. The lowest BCUT2D eigenvalue weighted by Crippen LogP contribution is -2.58. The van der Waals surface area contributed by atoms with Crippen molar-refractivity contribution in [3.05, 3.63) is 48.0 Å². The first kappa shape index (κ1) is 28.5. The lowest BCUT2D eigenvalue weighted by Gasteiger charge is -2.42. The molecule has 1 aromatic carbocycles. The number of alkyl halides is 3. The van der Waals surface area contributed by atoms with Crippen molar-refractivity contribution in [1.82, 2.24) is 14.9 Å². The van der Waals surface area contributed by atoms with E-state index < -0.39 is 29.6 Å². The number of benzene rings is 1. The largest absolute Gasteiger partial charge is 0.391 e. The van der Waals surface area contributed by atoms with Gasteiger partial charge in [0, 0.05) is 32.2 Å². The van der Waals surface area contributed by atoms with Crippen LogP contribution in [0.1, 0.15) is 51.0 Å². The van der Waals surface area contributed by atoms with Crippen LogP contribution >= 0.6 is 0 Å². The number of halogens is 4. The van der Waals surface area contributed by atoms with E-state index in [-0.39, 0.29) is 49.5 Å². The van der Waals surface area contributed by atoms with E-state index in [1.165, 1.54) is 6.33 Å². The van der Waals surface area contributed by atoms with Crippen LogP contribution in [0.4, 0.5) is 29.2 Å². The van der Waals surface area contributed by atoms with E-state index in [1.54, 1.807) is 0 Å². The quantitative estimate of drug-likeness (QED) is 0.347. The molecule has 0 spiro atoms. The summed E-state index contributed by atoms with van der Waals surface area (Å²) < 4.78 is 54.4. The number of piperidine rings is 1. The molecule has 0 amide bonds. The maximum absolute atomic E-state index is 15.3. The van der Waals surface area contributed by atoms with E-state index >= 15 is 4.39 Å². The van der Waals surface area contributed by atoms with Crippen molar-refractivity contribution in [3.8, 4) is 0 Å². The van der Waals surface area contributed by atoms with Crippen molar-refractivity contribution in [2.45, 2.75) is 75.9 Å². The van der Waals surface area contributed by atoms with Gasteiger partial charge in [-0.1, -0.05) is 37.3 Å². The number of aliphatic hydroxyl groups is 2. The maximum Gasteiger partial charge on any atom is 0.391 e. The van der Waals surface area contributed by atoms with E-state index in [4.69, 9.17) is 0 Å². The number of nitrogens with zero attached hydrogens (tertiary/aromatic N) is 3. The first-order valence-electron chi connectivity index (χ1n) is 13.3. The number of hydrogen-bond acceptors (Lipinski definition) is 7. The molecule has 7 nitrogen and oxygen atoms in total. The fraction of sp³-hybridized carbons (Fsp3) is 0.630. The van der Waals surface area contributed by atoms with Gasteiger partial charge < -0.3 is 20.8 Å². The number of nitrogens with one attached hydrogen (secondary N) is 2. The molecule has 4 N–H and O–H groups in total. The lowest BCUT2D eigenvalue weighted by molar-refractivity contribution is -0.184. The van der Waals surface area contributed by atoms with Gasteiger partial charge in [-0.25, -0.2) is 9.97 Å². The Kier molecular flexibility index (Phi) is 9.10. The van der Waals surface area contributed by atoms with Gasteiger partial charge in [0.25, 0.3) is 0 Å². The third-order valence-corrected chi connectivity index (χ3v) is 8.08. The van der Waals surface area contributed by atoms with Gasteiger partial charge in [0.15, 0.2) is 11.6 Å². The van der Waals surface area contributed by atoms with Crippen molar-refractivity contribution in [3.63, 3.8) is 0 Å². The van der Waals surface area contributed by atoms with Crippen LogP contribution in [-0.4, -0.2) is 68.6 Å². The number of hydrogen-bond donors (Lipinski definition) is 4. The average Bonchev–Trinajstić information content (AvgIpc) is 2.90. The molecular formula is C27H37F4N5O2. The minimum atomic E-state index is -4.17. The number of anilines is 2. The highest BCUT2D eigenvalue weighted by molar-refractivity contribution is 5.49. The van der Waals surface area contributed by atoms with E-state index in [1.807, 2.05) is 37.3 Å². The van der Waals surface area contributed by atoms with Crippen LogP contribution in [0.15, 0.2) is 36.7 Å². The zero-order valence-electron chi connectivity index (χ0n) is 21.6. The van der Waals surface area contributed by atoms with Gasteiger partial charge in [-0.2, -0.15) is 17.6 Å². The van der Waals surface area contributed by atoms with E-state index in [9.17, 15) is 23.4 Å². The van der Waals surface area contributed by atoms with Gasteiger partial charge >= 0.3 is 6.18 Å². The van der Waals surface area contributed by atoms with Crippen LogP contribution in [0, 0.1) is 17.7 Å². The van der Waals surface area contributed by atoms with Gasteiger partial charge in [0.05, 0.1) is 12.0 Å². The summed E-state index contributed by atoms with van der Waals surface area (Å²) in [6.07, 6.45) is -2.11. The summed E-state index contributed by atoms with van der Waals surface area (Å²) in [5.41, 5.74) is -0.341. The fourth-order valence-electron chi connectivity index (χ4n) is 5.62. The molecule has 0 bridgehead atoms. The zero-order chi connectivity index (χ0) is 27.3. The molecule has 0 radical (unpaired) electrons. The van der Waals surface area contributed by atoms with Gasteiger partial charge in [-0.05, 0) is 50.0 Å². The van der Waals surface area contributed by atoms with Crippen molar-refractivity contribution in [1.29, 1.82) is 0 Å². The molecule has 2 heterocycles. The van der Waals surface area contributed by atoms with E-state index in [0.29, 0.717) is 38.8 Å². The van der Waals surface area contributed by atoms with Crippen LogP contribution in [0.2, 0.25) is 0 Å². The number of rotatable bonds is 9. The third kappa shape index (κ3) is 6.92. The normalized spacial score (nSPS) is 27.6. The lowest BCUT2D eigenvalue weighted by atomic mass is 9.77. The van der Waals surface area contributed by atoms with Crippen LogP contribution < -0.4 is 10.6 Å². The minimum Gasteiger partial charge on any atom is -0.389 e. The molecule has 210 valence electrons. The first-order valence-corrected chi connectivity index (χ1v) is 13.3. The summed E-state index contributed by atoms with van der Waals surface area (Å²) in [6, 6.07) is 9.65. The van der Waals surface area contributed by atoms with Crippen molar-refractivity contribution >= 4 is 11.6 Å². The SMILES string of the molecule is CC[C@@H](Nc1ncnc(NC[C@]2(O)CCN(Cc3ccccc3)C[C@H]2O)c1F)C1CCC(C(F)(F)F)CC1. The molecular weight excluding hydrogens is 502 g/mol. The molecule has 4 rings (SSSR count). The predicted octanol–water partition coefficient (Wildman–Crippen LogP) is 4.58. The standard InChI is InChI=1S/C27H37F4N5O2/c1-2-21(19-8-10-20(11-9-19)27(29,30)31)35-25-23(28)24(33-17-34-25)32-16-26(38)12-13-36(15-22(26)37)14-18-6-4-3-5-7-18/h3-7,17,19-22,37-38H,2,8-16H2,1H3,(H2,32,33,34,35)/t19?,20?,21-,22-,26-/m1/s1. The highest BCUT2D eigenvalue weighted by atomic mass is 19.4. The zero-order valence-corrected chi connectivity index (χ0v) is 21.6. The van der Waals surface area contributed by atoms with Gasteiger partial charge in [0.2, 0.25) is 5.82 Å². The van der Waals surface area contributed by atoms with Crippen LogP contribution in [0.5, 0.6) is 0 Å². The van der Waals surface area contributed by atoms with Crippen molar-refractivity contribution in [2.24, 2.45) is 11.8 Å². The maximum atomic E-state index is 15.3. The van der Waals surface area contributed by atoms with E-state index in [0.717, 1.165) is 5.56 Å². The molecule has 3 atom stereocenters. The Morgan fingerprint density at radius 2 is 1.79 bits per heavy atom. The number of aromatic nitrogens is 2.